The van der Waals surface area contributed by atoms with Gasteiger partial charge in [0.15, 0.2) is 0 Å². The molecule has 0 saturated heterocycles. The Morgan fingerprint density at radius 1 is 0.806 bits per heavy atom. The van der Waals surface area contributed by atoms with Crippen molar-refractivity contribution in [1.29, 1.82) is 0 Å². The molecule has 0 radical (unpaired) electrons. The highest BCUT2D eigenvalue weighted by atomic mass is 16.2. The second-order valence-corrected chi connectivity index (χ2v) is 9.07. The van der Waals surface area contributed by atoms with Gasteiger partial charge < -0.3 is 20.9 Å². The normalized spacial score (nSPS) is 13.5. The molecule has 0 heterocycles. The molecule has 7 heteroatoms. The number of para-hydroxylation sites is 1. The number of amides is 3. The van der Waals surface area contributed by atoms with E-state index in [4.69, 9.17) is 0 Å². The average molecular weight is 485 g/mol. The number of nitrogens with one attached hydrogen (secondary N) is 3. The Morgan fingerprint density at radius 2 is 1.53 bits per heavy atom. The fourth-order valence-electron chi connectivity index (χ4n) is 4.33. The van der Waals surface area contributed by atoms with Crippen LogP contribution in [-0.4, -0.2) is 37.4 Å². The van der Waals surface area contributed by atoms with Crippen molar-refractivity contribution in [1.82, 2.24) is 5.32 Å². The van der Waals surface area contributed by atoms with Crippen LogP contribution in [0.5, 0.6) is 0 Å². The zero-order chi connectivity index (χ0) is 25.3. The maximum Gasteiger partial charge on any atom is 0.258 e. The molecule has 1 fully saturated rings. The first-order valence-corrected chi connectivity index (χ1v) is 12.4. The van der Waals surface area contributed by atoms with Crippen LogP contribution in [0.1, 0.15) is 52.8 Å². The van der Waals surface area contributed by atoms with Gasteiger partial charge in [-0.2, -0.15) is 0 Å². The Hall–Kier alpha value is -4.13. The zero-order valence-corrected chi connectivity index (χ0v) is 20.5. The molecule has 0 aromatic heterocycles. The Labute approximate surface area is 211 Å². The maximum atomic E-state index is 12.9. The van der Waals surface area contributed by atoms with Gasteiger partial charge in [-0.05, 0) is 67.4 Å². The first-order chi connectivity index (χ1) is 17.5. The van der Waals surface area contributed by atoms with Crippen LogP contribution in [0.3, 0.4) is 0 Å². The predicted octanol–water partition coefficient (Wildman–Crippen LogP) is 5.08. The third-order valence-corrected chi connectivity index (χ3v) is 6.38. The molecule has 0 aliphatic heterocycles. The highest BCUT2D eigenvalue weighted by Gasteiger charge is 2.17. The van der Waals surface area contributed by atoms with Crippen molar-refractivity contribution in [3.8, 4) is 0 Å². The van der Waals surface area contributed by atoms with E-state index in [0.29, 0.717) is 22.5 Å². The van der Waals surface area contributed by atoms with E-state index < -0.39 is 0 Å². The lowest BCUT2D eigenvalue weighted by Crippen LogP contribution is -2.36. The fraction of sp³-hybridized carbons (Fsp3) is 0.276. The zero-order valence-electron chi connectivity index (χ0n) is 20.5. The van der Waals surface area contributed by atoms with Gasteiger partial charge in [-0.3, -0.25) is 14.4 Å². The first kappa shape index (κ1) is 25.0. The first-order valence-electron chi connectivity index (χ1n) is 12.4. The molecule has 0 spiro atoms. The Balaban J connectivity index is 1.27. The molecule has 7 nitrogen and oxygen atoms in total. The standard InChI is InChI=1S/C29H32N4O3/c1-33(26-13-6-3-7-14-26)29(36)22-9-8-12-25(19-22)30-20-27(34)31-24-17-15-21(16-18-24)28(35)32-23-10-4-2-5-11-23/h3,6-9,12-19,23,30H,2,4-5,10-11,20H2,1H3,(H,31,34)(H,32,35). The molecule has 1 aliphatic rings. The quantitative estimate of drug-likeness (QED) is 0.416. The largest absolute Gasteiger partial charge is 0.376 e. The van der Waals surface area contributed by atoms with E-state index in [1.165, 1.54) is 6.42 Å². The van der Waals surface area contributed by atoms with E-state index >= 15 is 0 Å². The third kappa shape index (κ3) is 6.72. The van der Waals surface area contributed by atoms with Crippen LogP contribution >= 0.6 is 0 Å². The summed E-state index contributed by atoms with van der Waals surface area (Å²) < 4.78 is 0. The number of hydrogen-bond donors (Lipinski definition) is 3. The van der Waals surface area contributed by atoms with Gasteiger partial charge in [-0.15, -0.1) is 0 Å². The molecule has 4 rings (SSSR count). The molecule has 3 amide bonds. The number of nitrogens with zero attached hydrogens (tertiary/aromatic N) is 1. The molecule has 186 valence electrons. The van der Waals surface area contributed by atoms with Crippen LogP contribution in [0, 0.1) is 0 Å². The van der Waals surface area contributed by atoms with Gasteiger partial charge in [0.1, 0.15) is 0 Å². The van der Waals surface area contributed by atoms with Gasteiger partial charge in [0.25, 0.3) is 11.8 Å². The second-order valence-electron chi connectivity index (χ2n) is 9.07. The van der Waals surface area contributed by atoms with Crippen molar-refractivity contribution in [3.05, 3.63) is 90.0 Å². The fourth-order valence-corrected chi connectivity index (χ4v) is 4.33. The minimum atomic E-state index is -0.229. The summed E-state index contributed by atoms with van der Waals surface area (Å²) in [4.78, 5) is 39.4. The van der Waals surface area contributed by atoms with Crippen molar-refractivity contribution in [2.24, 2.45) is 0 Å². The minimum Gasteiger partial charge on any atom is -0.376 e. The average Bonchev–Trinajstić information content (AvgIpc) is 2.92. The van der Waals surface area contributed by atoms with E-state index in [1.54, 1.807) is 54.4 Å². The van der Waals surface area contributed by atoms with E-state index in [2.05, 4.69) is 16.0 Å². The summed E-state index contributed by atoms with van der Waals surface area (Å²) in [5.74, 6) is -0.441. The Kier molecular flexibility index (Phi) is 8.34. The van der Waals surface area contributed by atoms with E-state index in [9.17, 15) is 14.4 Å². The van der Waals surface area contributed by atoms with Crippen LogP contribution in [-0.2, 0) is 4.79 Å². The topological polar surface area (TPSA) is 90.5 Å². The van der Waals surface area contributed by atoms with Gasteiger partial charge >= 0.3 is 0 Å². The molecule has 3 aromatic rings. The summed E-state index contributed by atoms with van der Waals surface area (Å²) in [5.41, 5.74) is 3.20. The smallest absolute Gasteiger partial charge is 0.258 e. The van der Waals surface area contributed by atoms with Crippen LogP contribution in [0.25, 0.3) is 0 Å². The summed E-state index contributed by atoms with van der Waals surface area (Å²) in [6.07, 6.45) is 5.64. The van der Waals surface area contributed by atoms with E-state index in [0.717, 1.165) is 31.4 Å². The lowest BCUT2D eigenvalue weighted by atomic mass is 9.95. The van der Waals surface area contributed by atoms with Gasteiger partial charge in [-0.1, -0.05) is 43.5 Å². The summed E-state index contributed by atoms with van der Waals surface area (Å²) in [6.45, 7) is 0.0378. The van der Waals surface area contributed by atoms with Crippen LogP contribution in [0.15, 0.2) is 78.9 Å². The van der Waals surface area contributed by atoms with E-state index in [-0.39, 0.29) is 30.3 Å². The summed E-state index contributed by atoms with van der Waals surface area (Å²) in [6, 6.07) is 23.6. The molecule has 0 bridgehead atoms. The van der Waals surface area contributed by atoms with Crippen LogP contribution in [0.2, 0.25) is 0 Å². The molecule has 3 N–H and O–H groups in total. The maximum absolute atomic E-state index is 12.9. The molecule has 1 saturated carbocycles. The Bertz CT molecular complexity index is 1190. The van der Waals surface area contributed by atoms with Crippen molar-refractivity contribution < 1.29 is 14.4 Å². The van der Waals surface area contributed by atoms with Crippen molar-refractivity contribution in [2.45, 2.75) is 38.1 Å². The molecule has 36 heavy (non-hydrogen) atoms. The van der Waals surface area contributed by atoms with Gasteiger partial charge in [-0.25, -0.2) is 0 Å². The summed E-state index contributed by atoms with van der Waals surface area (Å²) >= 11 is 0. The lowest BCUT2D eigenvalue weighted by molar-refractivity contribution is -0.114. The minimum absolute atomic E-state index is 0.0378. The van der Waals surface area contributed by atoms with Crippen LogP contribution < -0.4 is 20.9 Å². The van der Waals surface area contributed by atoms with Gasteiger partial charge in [0.05, 0.1) is 6.54 Å². The number of benzene rings is 3. The van der Waals surface area contributed by atoms with Crippen molar-refractivity contribution in [3.63, 3.8) is 0 Å². The number of anilines is 3. The molecular formula is C29H32N4O3. The monoisotopic (exact) mass is 484 g/mol. The highest BCUT2D eigenvalue weighted by Crippen LogP contribution is 2.19. The molecule has 3 aromatic carbocycles. The van der Waals surface area contributed by atoms with Gasteiger partial charge in [0, 0.05) is 41.3 Å². The number of carbonyl (C=O) groups is 3. The Morgan fingerprint density at radius 3 is 2.25 bits per heavy atom. The summed E-state index contributed by atoms with van der Waals surface area (Å²) in [5, 5.41) is 8.99. The lowest BCUT2D eigenvalue weighted by Gasteiger charge is -2.22. The van der Waals surface area contributed by atoms with Crippen LogP contribution in [0.4, 0.5) is 17.1 Å². The second kappa shape index (κ2) is 12.0. The predicted molar refractivity (Wildman–Crippen MR) is 144 cm³/mol. The van der Waals surface area contributed by atoms with Gasteiger partial charge in [0.2, 0.25) is 5.91 Å². The molecule has 0 unspecified atom stereocenters. The molecule has 0 atom stereocenters. The van der Waals surface area contributed by atoms with E-state index in [1.807, 2.05) is 36.4 Å². The molecule has 1 aliphatic carbocycles. The SMILES string of the molecule is CN(C(=O)c1cccc(NCC(=O)Nc2ccc(C(=O)NC3CCCCC3)cc2)c1)c1ccccc1. The summed E-state index contributed by atoms with van der Waals surface area (Å²) in [7, 11) is 1.73. The highest BCUT2D eigenvalue weighted by molar-refractivity contribution is 6.06. The number of carbonyl (C=O) groups excluding carboxylic acids is 3. The number of rotatable bonds is 8. The van der Waals surface area contributed by atoms with Crippen molar-refractivity contribution in [2.75, 3.05) is 29.1 Å². The van der Waals surface area contributed by atoms with Crippen molar-refractivity contribution >= 4 is 34.8 Å². The number of hydrogen-bond acceptors (Lipinski definition) is 4. The molecular weight excluding hydrogens is 452 g/mol. The third-order valence-electron chi connectivity index (χ3n) is 6.38.